The number of ether oxygens (including phenoxy) is 8. The lowest BCUT2D eigenvalue weighted by molar-refractivity contribution is -0.145. The molecule has 0 aromatic heterocycles. The number of nitrogens with zero attached hydrogens (tertiary/aromatic N) is 1. The van der Waals surface area contributed by atoms with Crippen LogP contribution in [0.1, 0.15) is 72.9 Å². The van der Waals surface area contributed by atoms with E-state index in [9.17, 15) is 4.79 Å². The second-order valence-corrected chi connectivity index (χ2v) is 15.7. The van der Waals surface area contributed by atoms with Gasteiger partial charge in [-0.2, -0.15) is 0 Å². The van der Waals surface area contributed by atoms with Crippen molar-refractivity contribution in [2.24, 2.45) is 0 Å². The summed E-state index contributed by atoms with van der Waals surface area (Å²) >= 11 is 0. The van der Waals surface area contributed by atoms with Crippen molar-refractivity contribution >= 4 is 34.1 Å². The smallest absolute Gasteiger partial charge is 0.305 e. The summed E-state index contributed by atoms with van der Waals surface area (Å²) in [5.41, 5.74) is 8.44. The number of hydrogen-bond donors (Lipinski definition) is 1. The Balaban J connectivity index is 1.25. The summed E-state index contributed by atoms with van der Waals surface area (Å²) < 4.78 is 49.1. The molecule has 0 saturated carbocycles. The van der Waals surface area contributed by atoms with E-state index in [0.29, 0.717) is 52.1 Å². The molecule has 1 N–H and O–H groups in total. The number of morpholine rings is 1. The minimum Gasteiger partial charge on any atom is -0.497 e. The summed E-state index contributed by atoms with van der Waals surface area (Å²) in [7, 11) is 5.07. The van der Waals surface area contributed by atoms with Gasteiger partial charge in [0.05, 0.1) is 60.1 Å². The molecule has 8 rings (SSSR count). The number of methoxy groups -OCH3 is 3. The van der Waals surface area contributed by atoms with Crippen LogP contribution in [0.5, 0.6) is 23.0 Å². The molecule has 2 heterocycles. The Morgan fingerprint density at radius 1 is 0.823 bits per heavy atom. The lowest BCUT2D eigenvalue weighted by atomic mass is 9.80. The summed E-state index contributed by atoms with van der Waals surface area (Å²) in [5, 5.41) is 11.0. The van der Waals surface area contributed by atoms with E-state index in [2.05, 4.69) is 78.6 Å². The molecule has 5 aromatic carbocycles. The first-order valence-electron chi connectivity index (χ1n) is 21.7. The number of benzene rings is 5. The van der Waals surface area contributed by atoms with E-state index < -0.39 is 11.7 Å². The predicted octanol–water partition coefficient (Wildman–Crippen LogP) is 9.14. The van der Waals surface area contributed by atoms with Crippen LogP contribution in [0.2, 0.25) is 0 Å². The summed E-state index contributed by atoms with van der Waals surface area (Å²) in [6.45, 7) is 6.13. The molecule has 326 valence electrons. The van der Waals surface area contributed by atoms with Gasteiger partial charge < -0.3 is 47.9 Å². The van der Waals surface area contributed by atoms with Crippen LogP contribution in [-0.4, -0.2) is 91.7 Å². The van der Waals surface area contributed by atoms with Crippen LogP contribution in [0.4, 0.5) is 5.69 Å². The van der Waals surface area contributed by atoms with Gasteiger partial charge in [0.15, 0.2) is 0 Å². The SMILES string of the molecule is CCC1(OCCOCCOC(=O)CCCCCO)c2ccccc2-c2c1c1c(c3cc(OC)c(N4CCOCC4)cc23)OC(c2ccc(OC)cc2)C(c2ccc(OC)cc2)=C1. The van der Waals surface area contributed by atoms with Crippen LogP contribution >= 0.6 is 0 Å². The normalized spacial score (nSPS) is 17.7. The number of aliphatic hydroxyl groups excluding tert-OH is 1. The van der Waals surface area contributed by atoms with E-state index in [0.717, 1.165) is 103 Å². The maximum Gasteiger partial charge on any atom is 0.305 e. The van der Waals surface area contributed by atoms with Crippen molar-refractivity contribution in [2.45, 2.75) is 50.7 Å². The molecule has 11 nitrogen and oxygen atoms in total. The first kappa shape index (κ1) is 43.1. The third-order valence-electron chi connectivity index (χ3n) is 12.2. The van der Waals surface area contributed by atoms with Crippen molar-refractivity contribution in [3.63, 3.8) is 0 Å². The van der Waals surface area contributed by atoms with Gasteiger partial charge in [-0.3, -0.25) is 4.79 Å². The third-order valence-corrected chi connectivity index (χ3v) is 12.2. The number of hydrogen-bond acceptors (Lipinski definition) is 11. The van der Waals surface area contributed by atoms with Crippen LogP contribution in [0, 0.1) is 0 Å². The highest BCUT2D eigenvalue weighted by atomic mass is 16.6. The number of aliphatic hydroxyl groups is 1. The first-order chi connectivity index (χ1) is 30.4. The number of carbonyl (C=O) groups excluding carboxylic acids is 1. The molecule has 1 fully saturated rings. The average Bonchev–Trinajstić information content (AvgIpc) is 3.62. The van der Waals surface area contributed by atoms with Gasteiger partial charge in [0.1, 0.15) is 41.3 Å². The second kappa shape index (κ2) is 19.6. The zero-order valence-electron chi connectivity index (χ0n) is 36.2. The van der Waals surface area contributed by atoms with Gasteiger partial charge in [0.2, 0.25) is 0 Å². The number of unbranched alkanes of at least 4 members (excludes halogenated alkanes) is 2. The van der Waals surface area contributed by atoms with Crippen molar-refractivity contribution in [1.29, 1.82) is 0 Å². The predicted molar refractivity (Wildman–Crippen MR) is 241 cm³/mol. The molecule has 11 heteroatoms. The third kappa shape index (κ3) is 8.46. The lowest BCUT2D eigenvalue weighted by Gasteiger charge is -2.36. The largest absolute Gasteiger partial charge is 0.497 e. The fourth-order valence-electron chi connectivity index (χ4n) is 9.16. The van der Waals surface area contributed by atoms with Gasteiger partial charge >= 0.3 is 5.97 Å². The van der Waals surface area contributed by atoms with Crippen molar-refractivity contribution in [2.75, 3.05) is 85.6 Å². The molecular formula is C51H57NO10. The van der Waals surface area contributed by atoms with E-state index in [1.807, 2.05) is 24.3 Å². The number of carbonyl (C=O) groups is 1. The van der Waals surface area contributed by atoms with E-state index in [1.165, 1.54) is 0 Å². The Hall–Kier alpha value is -5.59. The fraction of sp³-hybridized carbons (Fsp3) is 0.392. The number of anilines is 1. The standard InChI is InChI=1S/C51H57NO10/c1-5-51(61-30-28-59-27-29-60-46(54)13-7-6-10-24-53)43-12-9-8-11-38(43)47-40-32-44(52-22-25-58-26-23-52)45(57-4)33-41(40)50-42(48(47)51)31-39(34-14-18-36(55-2)19-15-34)49(62-50)35-16-20-37(56-3)21-17-35/h8-9,11-12,14-21,31-33,49,53H,5-7,10,13,22-30H2,1-4H3. The van der Waals surface area contributed by atoms with E-state index in [4.69, 9.17) is 43.0 Å². The minimum absolute atomic E-state index is 0.131. The highest BCUT2D eigenvalue weighted by molar-refractivity contribution is 6.11. The van der Waals surface area contributed by atoms with Crippen molar-refractivity contribution in [1.82, 2.24) is 0 Å². The van der Waals surface area contributed by atoms with E-state index in [1.54, 1.807) is 21.3 Å². The molecule has 1 aliphatic carbocycles. The van der Waals surface area contributed by atoms with E-state index >= 15 is 0 Å². The molecule has 0 amide bonds. The zero-order valence-corrected chi connectivity index (χ0v) is 36.2. The maximum atomic E-state index is 12.2. The highest BCUT2D eigenvalue weighted by Crippen LogP contribution is 2.61. The average molecular weight is 844 g/mol. The molecule has 5 aromatic rings. The van der Waals surface area contributed by atoms with Crippen LogP contribution in [0.3, 0.4) is 0 Å². The van der Waals surface area contributed by atoms with E-state index in [-0.39, 0.29) is 25.8 Å². The Labute approximate surface area is 364 Å². The van der Waals surface area contributed by atoms with Crippen LogP contribution in [0.15, 0.2) is 84.9 Å². The van der Waals surface area contributed by atoms with Gasteiger partial charge in [-0.05, 0) is 94.9 Å². The van der Waals surface area contributed by atoms with Crippen molar-refractivity contribution < 1.29 is 47.8 Å². The van der Waals surface area contributed by atoms with Crippen LogP contribution in [-0.2, 0) is 29.3 Å². The Bertz CT molecular complexity index is 2370. The molecule has 0 spiro atoms. The molecule has 0 bridgehead atoms. The van der Waals surface area contributed by atoms with Crippen LogP contribution < -0.4 is 23.8 Å². The topological polar surface area (TPSA) is 114 Å². The molecular weight excluding hydrogens is 787 g/mol. The minimum atomic E-state index is -0.856. The monoisotopic (exact) mass is 843 g/mol. The molecule has 0 radical (unpaired) electrons. The van der Waals surface area contributed by atoms with Crippen molar-refractivity contribution in [3.05, 3.63) is 113 Å². The Morgan fingerprint density at radius 2 is 1.55 bits per heavy atom. The van der Waals surface area contributed by atoms with Gasteiger partial charge in [-0.15, -0.1) is 0 Å². The number of fused-ring (bicyclic) bond motifs is 8. The van der Waals surface area contributed by atoms with Crippen molar-refractivity contribution in [3.8, 4) is 34.1 Å². The van der Waals surface area contributed by atoms with Gasteiger partial charge in [-0.25, -0.2) is 0 Å². The maximum absolute atomic E-state index is 12.2. The van der Waals surface area contributed by atoms with Gasteiger partial charge in [-0.1, -0.05) is 61.9 Å². The second-order valence-electron chi connectivity index (χ2n) is 15.7. The Morgan fingerprint density at radius 3 is 2.26 bits per heavy atom. The molecule has 2 atom stereocenters. The summed E-state index contributed by atoms with van der Waals surface area (Å²) in [4.78, 5) is 14.5. The zero-order chi connectivity index (χ0) is 43.1. The van der Waals surface area contributed by atoms with Gasteiger partial charge in [0, 0.05) is 48.2 Å². The highest BCUT2D eigenvalue weighted by Gasteiger charge is 2.48. The summed E-state index contributed by atoms with van der Waals surface area (Å²) in [5.74, 6) is 2.81. The molecule has 62 heavy (non-hydrogen) atoms. The number of rotatable bonds is 19. The number of esters is 1. The molecule has 2 unspecified atom stereocenters. The lowest BCUT2D eigenvalue weighted by Crippen LogP contribution is -2.36. The first-order valence-corrected chi connectivity index (χ1v) is 21.7. The fourth-order valence-corrected chi connectivity index (χ4v) is 9.16. The summed E-state index contributed by atoms with van der Waals surface area (Å²) in [6, 6.07) is 29.2. The van der Waals surface area contributed by atoms with Gasteiger partial charge in [0.25, 0.3) is 0 Å². The Kier molecular flexibility index (Phi) is 13.6. The summed E-state index contributed by atoms with van der Waals surface area (Å²) in [6.07, 6.45) is 4.98. The quantitative estimate of drug-likeness (QED) is 0.0634. The molecule has 3 aliphatic rings. The van der Waals surface area contributed by atoms with Crippen LogP contribution in [0.25, 0.3) is 33.5 Å². The molecule has 2 aliphatic heterocycles. The molecule has 1 saturated heterocycles.